The van der Waals surface area contributed by atoms with Crippen LogP contribution in [0.3, 0.4) is 0 Å². The molecule has 1 N–H and O–H groups in total. The highest BCUT2D eigenvalue weighted by atomic mass is 32.1. The van der Waals surface area contributed by atoms with Crippen LogP contribution in [-0.2, 0) is 13.1 Å². The molecule has 0 saturated carbocycles. The molecule has 2 heterocycles. The smallest absolute Gasteiger partial charge is 0.165 e. The molecule has 5 rings (SSSR count). The zero-order valence-corrected chi connectivity index (χ0v) is 18.2. The molecule has 0 atom stereocenters. The van der Waals surface area contributed by atoms with E-state index < -0.39 is 0 Å². The Labute approximate surface area is 185 Å². The van der Waals surface area contributed by atoms with Crippen LogP contribution in [-0.4, -0.2) is 34.7 Å². The number of phenolic OH excluding ortho intramolecular Hbond substituents is 1. The average molecular weight is 433 g/mol. The van der Waals surface area contributed by atoms with Crippen molar-refractivity contribution in [3.8, 4) is 27.8 Å². The van der Waals surface area contributed by atoms with Crippen LogP contribution in [0, 0.1) is 0 Å². The van der Waals surface area contributed by atoms with Crippen LogP contribution in [0.5, 0.6) is 17.2 Å². The van der Waals surface area contributed by atoms with Gasteiger partial charge >= 0.3 is 0 Å². The van der Waals surface area contributed by atoms with E-state index in [9.17, 15) is 5.11 Å². The molecule has 1 aromatic heterocycles. The van der Waals surface area contributed by atoms with E-state index in [1.807, 2.05) is 37.3 Å². The quantitative estimate of drug-likeness (QED) is 0.454. The van der Waals surface area contributed by atoms with Crippen LogP contribution in [0.15, 0.2) is 60.7 Å². The second-order valence-corrected chi connectivity index (χ2v) is 8.64. The molecule has 3 aromatic carbocycles. The van der Waals surface area contributed by atoms with Gasteiger partial charge in [-0.3, -0.25) is 4.90 Å². The first-order chi connectivity index (χ1) is 15.2. The maximum absolute atomic E-state index is 10.7. The van der Waals surface area contributed by atoms with Crippen molar-refractivity contribution in [1.29, 1.82) is 0 Å². The summed E-state index contributed by atoms with van der Waals surface area (Å²) < 4.78 is 12.6. The van der Waals surface area contributed by atoms with Crippen molar-refractivity contribution in [1.82, 2.24) is 9.88 Å². The van der Waals surface area contributed by atoms with Gasteiger partial charge in [0.15, 0.2) is 11.5 Å². The van der Waals surface area contributed by atoms with Crippen LogP contribution in [0.4, 0.5) is 0 Å². The Bertz CT molecular complexity index is 1170. The van der Waals surface area contributed by atoms with E-state index in [4.69, 9.17) is 14.5 Å². The topological polar surface area (TPSA) is 54.8 Å². The van der Waals surface area contributed by atoms with Crippen molar-refractivity contribution in [3.05, 3.63) is 71.8 Å². The molecule has 5 nitrogen and oxygen atoms in total. The lowest BCUT2D eigenvalue weighted by atomic mass is 10.1. The van der Waals surface area contributed by atoms with Gasteiger partial charge in [0, 0.05) is 30.8 Å². The number of aromatic nitrogens is 1. The van der Waals surface area contributed by atoms with Crippen molar-refractivity contribution < 1.29 is 14.6 Å². The molecule has 0 aliphatic carbocycles. The van der Waals surface area contributed by atoms with Gasteiger partial charge in [-0.15, -0.1) is 11.3 Å². The third-order valence-corrected chi connectivity index (χ3v) is 6.46. The predicted octanol–water partition coefficient (Wildman–Crippen LogP) is 5.46. The molecule has 0 unspecified atom stereocenters. The number of thiazole rings is 1. The van der Waals surface area contributed by atoms with Crippen molar-refractivity contribution in [2.24, 2.45) is 0 Å². The first kappa shape index (κ1) is 19.8. The number of phenols is 1. The lowest BCUT2D eigenvalue weighted by Crippen LogP contribution is -2.25. The Balaban J connectivity index is 1.41. The lowest BCUT2D eigenvalue weighted by molar-refractivity contribution is 0.217. The second-order valence-electron chi connectivity index (χ2n) is 7.61. The molecule has 0 amide bonds. The van der Waals surface area contributed by atoms with Crippen molar-refractivity contribution in [2.75, 3.05) is 19.8 Å². The third-order valence-electron chi connectivity index (χ3n) is 5.38. The van der Waals surface area contributed by atoms with Gasteiger partial charge < -0.3 is 14.6 Å². The van der Waals surface area contributed by atoms with Crippen LogP contribution in [0.2, 0.25) is 0 Å². The molecule has 1 aliphatic rings. The van der Waals surface area contributed by atoms with Crippen molar-refractivity contribution >= 4 is 21.6 Å². The Hall–Kier alpha value is -3.09. The highest BCUT2D eigenvalue weighted by molar-refractivity contribution is 7.21. The van der Waals surface area contributed by atoms with E-state index in [0.717, 1.165) is 45.2 Å². The molecule has 1 aliphatic heterocycles. The molecule has 0 spiro atoms. The van der Waals surface area contributed by atoms with E-state index in [1.165, 1.54) is 5.56 Å². The van der Waals surface area contributed by atoms with Gasteiger partial charge in [0.25, 0.3) is 0 Å². The molecule has 0 bridgehead atoms. The number of nitrogens with zero attached hydrogens (tertiary/aromatic N) is 2. The molecular formula is C25H24N2O3S. The summed E-state index contributed by atoms with van der Waals surface area (Å²) >= 11 is 1.64. The largest absolute Gasteiger partial charge is 0.504 e. The van der Waals surface area contributed by atoms with Gasteiger partial charge in [-0.1, -0.05) is 24.3 Å². The number of ether oxygens (including phenoxy) is 2. The molecular weight excluding hydrogens is 408 g/mol. The summed E-state index contributed by atoms with van der Waals surface area (Å²) in [6, 6.07) is 20.2. The summed E-state index contributed by atoms with van der Waals surface area (Å²) in [4.78, 5) is 7.08. The van der Waals surface area contributed by atoms with E-state index in [1.54, 1.807) is 17.4 Å². The van der Waals surface area contributed by atoms with E-state index in [2.05, 4.69) is 29.2 Å². The zero-order valence-electron chi connectivity index (χ0n) is 17.4. The number of para-hydroxylation sites is 1. The monoisotopic (exact) mass is 432 g/mol. The lowest BCUT2D eigenvalue weighted by Gasteiger charge is -2.19. The van der Waals surface area contributed by atoms with E-state index in [0.29, 0.717) is 25.5 Å². The van der Waals surface area contributed by atoms with Crippen molar-refractivity contribution in [3.63, 3.8) is 0 Å². The SMILES string of the molecule is CCOc1ccc(CN2CCOc3c(O)cc(-c4nc5ccccc5s4)cc3C2)cc1. The Kier molecular flexibility index (Phi) is 5.49. The minimum atomic E-state index is 0.176. The maximum Gasteiger partial charge on any atom is 0.165 e. The predicted molar refractivity (Wildman–Crippen MR) is 124 cm³/mol. The average Bonchev–Trinajstić information content (AvgIpc) is 3.10. The highest BCUT2D eigenvalue weighted by Gasteiger charge is 2.21. The number of fused-ring (bicyclic) bond motifs is 2. The Morgan fingerprint density at radius 3 is 2.77 bits per heavy atom. The molecule has 0 radical (unpaired) electrons. The summed E-state index contributed by atoms with van der Waals surface area (Å²) in [6.45, 7) is 5.49. The summed E-state index contributed by atoms with van der Waals surface area (Å²) in [5, 5.41) is 11.6. The van der Waals surface area contributed by atoms with Gasteiger partial charge in [-0.25, -0.2) is 4.98 Å². The number of benzene rings is 3. The fraction of sp³-hybridized carbons (Fsp3) is 0.240. The summed E-state index contributed by atoms with van der Waals surface area (Å²) in [7, 11) is 0. The van der Waals surface area contributed by atoms with Crippen LogP contribution >= 0.6 is 11.3 Å². The normalized spacial score (nSPS) is 14.1. The first-order valence-corrected chi connectivity index (χ1v) is 11.3. The van der Waals surface area contributed by atoms with Crippen LogP contribution in [0.25, 0.3) is 20.8 Å². The number of aromatic hydroxyl groups is 1. The van der Waals surface area contributed by atoms with Crippen molar-refractivity contribution in [2.45, 2.75) is 20.0 Å². The summed E-state index contributed by atoms with van der Waals surface area (Å²) in [5.41, 5.74) is 4.10. The van der Waals surface area contributed by atoms with Gasteiger partial charge in [0.2, 0.25) is 0 Å². The number of hydrogen-bond donors (Lipinski definition) is 1. The number of rotatable bonds is 5. The summed E-state index contributed by atoms with van der Waals surface area (Å²) in [6.07, 6.45) is 0. The minimum absolute atomic E-state index is 0.176. The van der Waals surface area contributed by atoms with Crippen LogP contribution in [0.1, 0.15) is 18.1 Å². The van der Waals surface area contributed by atoms with Gasteiger partial charge in [-0.2, -0.15) is 0 Å². The van der Waals surface area contributed by atoms with E-state index >= 15 is 0 Å². The van der Waals surface area contributed by atoms with E-state index in [-0.39, 0.29) is 5.75 Å². The fourth-order valence-electron chi connectivity index (χ4n) is 3.92. The fourth-order valence-corrected chi connectivity index (χ4v) is 4.88. The molecule has 31 heavy (non-hydrogen) atoms. The Morgan fingerprint density at radius 2 is 1.97 bits per heavy atom. The summed E-state index contributed by atoms with van der Waals surface area (Å²) in [5.74, 6) is 1.65. The van der Waals surface area contributed by atoms with Gasteiger partial charge in [0.1, 0.15) is 17.4 Å². The minimum Gasteiger partial charge on any atom is -0.504 e. The molecule has 4 aromatic rings. The zero-order chi connectivity index (χ0) is 21.2. The first-order valence-electron chi connectivity index (χ1n) is 10.5. The Morgan fingerprint density at radius 1 is 1.13 bits per heavy atom. The standard InChI is InChI=1S/C25H24N2O3S/c1-2-29-20-9-7-17(8-10-20)15-27-11-12-30-24-19(16-27)13-18(14-22(24)28)25-26-21-5-3-4-6-23(21)31-25/h3-10,13-14,28H,2,11-12,15-16H2,1H3. The molecule has 6 heteroatoms. The third kappa shape index (κ3) is 4.22. The highest BCUT2D eigenvalue weighted by Crippen LogP contribution is 2.39. The molecule has 158 valence electrons. The van der Waals surface area contributed by atoms with Gasteiger partial charge in [-0.05, 0) is 48.9 Å². The molecule has 0 saturated heterocycles. The molecule has 0 fully saturated rings. The maximum atomic E-state index is 10.7. The number of hydrogen-bond acceptors (Lipinski definition) is 6. The van der Waals surface area contributed by atoms with Crippen LogP contribution < -0.4 is 9.47 Å². The van der Waals surface area contributed by atoms with Gasteiger partial charge in [0.05, 0.1) is 16.8 Å². The second kappa shape index (κ2) is 8.57.